The second-order valence-corrected chi connectivity index (χ2v) is 6.96. The van der Waals surface area contributed by atoms with Crippen LogP contribution in [0.15, 0.2) is 24.3 Å². The van der Waals surface area contributed by atoms with E-state index in [4.69, 9.17) is 4.74 Å². The number of hydrogen-bond acceptors (Lipinski definition) is 1. The van der Waals surface area contributed by atoms with Gasteiger partial charge in [0.05, 0.1) is 0 Å². The fourth-order valence-corrected chi connectivity index (χ4v) is 3.08. The molecule has 1 aromatic carbocycles. The Balaban J connectivity index is 2.39. The lowest BCUT2D eigenvalue weighted by atomic mass is 9.80. The minimum absolute atomic E-state index is 0.0695. The van der Waals surface area contributed by atoms with Gasteiger partial charge in [0.25, 0.3) is 0 Å². The van der Waals surface area contributed by atoms with Crippen LogP contribution in [0.25, 0.3) is 0 Å². The van der Waals surface area contributed by atoms with E-state index in [0.717, 1.165) is 12.2 Å². The van der Waals surface area contributed by atoms with Crippen LogP contribution in [0.3, 0.4) is 0 Å². The van der Waals surface area contributed by atoms with Gasteiger partial charge in [-0.15, -0.1) is 0 Å². The van der Waals surface area contributed by atoms with Crippen LogP contribution in [0.1, 0.15) is 45.6 Å². The van der Waals surface area contributed by atoms with Gasteiger partial charge in [-0.25, -0.2) is 0 Å². The first-order chi connectivity index (χ1) is 7.91. The van der Waals surface area contributed by atoms with E-state index in [9.17, 15) is 0 Å². The number of benzene rings is 1. The Morgan fingerprint density at radius 2 is 1.94 bits per heavy atom. The van der Waals surface area contributed by atoms with E-state index < -0.39 is 0 Å². The van der Waals surface area contributed by atoms with Crippen molar-refractivity contribution in [3.8, 4) is 5.75 Å². The molecule has 0 radical (unpaired) electrons. The maximum absolute atomic E-state index is 6.06. The first kappa shape index (κ1) is 12.9. The molecule has 1 nitrogen and oxygen atoms in total. The summed E-state index contributed by atoms with van der Waals surface area (Å²) in [6, 6.07) is 8.44. The zero-order valence-corrected chi connectivity index (χ0v) is 12.6. The van der Waals surface area contributed by atoms with Crippen LogP contribution in [-0.4, -0.2) is 10.4 Å². The van der Waals surface area contributed by atoms with Gasteiger partial charge in [0, 0.05) is 10.7 Å². The minimum Gasteiger partial charge on any atom is -0.488 e. The molecule has 0 amide bonds. The van der Waals surface area contributed by atoms with Crippen molar-refractivity contribution in [2.45, 2.75) is 50.5 Å². The normalized spacial score (nSPS) is 24.0. The quantitative estimate of drug-likeness (QED) is 0.716. The van der Waals surface area contributed by atoms with Gasteiger partial charge < -0.3 is 4.74 Å². The molecule has 2 heteroatoms. The zero-order valence-electron chi connectivity index (χ0n) is 11.0. The van der Waals surface area contributed by atoms with Gasteiger partial charge in [0.2, 0.25) is 0 Å². The second-order valence-electron chi connectivity index (χ2n) is 5.90. The Bertz CT molecular complexity index is 398. The number of ether oxygens (including phenoxy) is 1. The van der Waals surface area contributed by atoms with E-state index in [1.54, 1.807) is 0 Å². The molecular weight excluding hydrogens is 276 g/mol. The Labute approximate surface area is 113 Å². The van der Waals surface area contributed by atoms with Crippen LogP contribution in [0.5, 0.6) is 5.75 Å². The zero-order chi connectivity index (χ0) is 12.6. The largest absolute Gasteiger partial charge is 0.488 e. The van der Waals surface area contributed by atoms with E-state index in [2.05, 4.69) is 67.9 Å². The molecule has 0 saturated carbocycles. The van der Waals surface area contributed by atoms with Crippen molar-refractivity contribution in [3.05, 3.63) is 29.8 Å². The number of fused-ring (bicyclic) bond motifs is 1. The lowest BCUT2D eigenvalue weighted by Gasteiger charge is -2.40. The maximum Gasteiger partial charge on any atom is 0.123 e. The van der Waals surface area contributed by atoms with Gasteiger partial charge >= 0.3 is 0 Å². The number of hydrogen-bond donors (Lipinski definition) is 0. The van der Waals surface area contributed by atoms with Crippen molar-refractivity contribution in [2.24, 2.45) is 5.92 Å². The Morgan fingerprint density at radius 1 is 1.29 bits per heavy atom. The summed E-state index contributed by atoms with van der Waals surface area (Å²) in [5.74, 6) is 2.22. The van der Waals surface area contributed by atoms with E-state index in [0.29, 0.717) is 16.7 Å². The molecule has 0 fully saturated rings. The van der Waals surface area contributed by atoms with Crippen LogP contribution in [-0.2, 0) is 0 Å². The van der Waals surface area contributed by atoms with Crippen LogP contribution in [0.4, 0.5) is 0 Å². The first-order valence-electron chi connectivity index (χ1n) is 6.33. The van der Waals surface area contributed by atoms with Gasteiger partial charge in [-0.2, -0.15) is 0 Å². The molecule has 2 atom stereocenters. The van der Waals surface area contributed by atoms with Gasteiger partial charge in [-0.05, 0) is 37.8 Å². The third kappa shape index (κ3) is 2.67. The molecule has 0 spiro atoms. The molecule has 0 saturated heterocycles. The maximum atomic E-state index is 6.06. The Morgan fingerprint density at radius 3 is 2.59 bits per heavy atom. The first-order valence-corrected chi connectivity index (χ1v) is 7.24. The number of alkyl halides is 1. The number of rotatable bonds is 2. The predicted molar refractivity (Wildman–Crippen MR) is 76.1 cm³/mol. The molecule has 17 heavy (non-hydrogen) atoms. The molecule has 0 aliphatic carbocycles. The minimum atomic E-state index is -0.0695. The monoisotopic (exact) mass is 296 g/mol. The average Bonchev–Trinajstić information content (AvgIpc) is 2.25. The summed E-state index contributed by atoms with van der Waals surface area (Å²) in [5, 5.41) is 0. The molecule has 0 N–H and O–H groups in total. The third-order valence-corrected chi connectivity index (χ3v) is 5.13. The Kier molecular flexibility index (Phi) is 3.53. The molecule has 1 heterocycles. The van der Waals surface area contributed by atoms with Crippen LogP contribution >= 0.6 is 15.9 Å². The fourth-order valence-electron chi connectivity index (χ4n) is 2.61. The van der Waals surface area contributed by atoms with E-state index in [1.165, 1.54) is 5.56 Å². The third-order valence-electron chi connectivity index (χ3n) is 3.44. The van der Waals surface area contributed by atoms with E-state index in [-0.39, 0.29) is 5.60 Å². The summed E-state index contributed by atoms with van der Waals surface area (Å²) in [6.45, 7) is 8.89. The summed E-state index contributed by atoms with van der Waals surface area (Å²) in [4.78, 5) is 0.506. The highest BCUT2D eigenvalue weighted by Gasteiger charge is 2.37. The van der Waals surface area contributed by atoms with Gasteiger partial charge in [-0.3, -0.25) is 0 Å². The molecule has 94 valence electrons. The highest BCUT2D eigenvalue weighted by molar-refractivity contribution is 9.09. The van der Waals surface area contributed by atoms with Crippen LogP contribution in [0.2, 0.25) is 0 Å². The summed E-state index contributed by atoms with van der Waals surface area (Å²) >= 11 is 3.87. The SMILES string of the molecule is CC(C)C(Br)C1CC(C)(C)Oc2ccccc21. The van der Waals surface area contributed by atoms with Crippen LogP contribution in [0, 0.1) is 5.92 Å². The molecule has 0 aromatic heterocycles. The second kappa shape index (κ2) is 4.64. The molecule has 0 bridgehead atoms. The van der Waals surface area contributed by atoms with Crippen molar-refractivity contribution in [3.63, 3.8) is 0 Å². The van der Waals surface area contributed by atoms with Gasteiger partial charge in [0.15, 0.2) is 0 Å². The lowest BCUT2D eigenvalue weighted by molar-refractivity contribution is 0.0699. The molecule has 1 aromatic rings. The number of para-hydroxylation sites is 1. The smallest absolute Gasteiger partial charge is 0.123 e. The average molecular weight is 297 g/mol. The van der Waals surface area contributed by atoms with Crippen molar-refractivity contribution in [2.75, 3.05) is 0 Å². The van der Waals surface area contributed by atoms with E-state index >= 15 is 0 Å². The van der Waals surface area contributed by atoms with Crippen LogP contribution < -0.4 is 4.74 Å². The molecule has 1 aliphatic rings. The molecule has 2 unspecified atom stereocenters. The highest BCUT2D eigenvalue weighted by atomic mass is 79.9. The topological polar surface area (TPSA) is 9.23 Å². The standard InChI is InChI=1S/C15H21BrO/c1-10(2)14(16)12-9-15(3,4)17-13-8-6-5-7-11(12)13/h5-8,10,12,14H,9H2,1-4H3. The van der Waals surface area contributed by atoms with Crippen molar-refractivity contribution >= 4 is 15.9 Å². The summed E-state index contributed by atoms with van der Waals surface area (Å²) in [6.07, 6.45) is 1.07. The predicted octanol–water partition coefficient (Wildman–Crippen LogP) is 4.75. The van der Waals surface area contributed by atoms with E-state index in [1.807, 2.05) is 0 Å². The summed E-state index contributed by atoms with van der Waals surface area (Å²) in [5.41, 5.74) is 1.28. The summed E-state index contributed by atoms with van der Waals surface area (Å²) in [7, 11) is 0. The highest BCUT2D eigenvalue weighted by Crippen LogP contribution is 2.45. The molecular formula is C15H21BrO. The van der Waals surface area contributed by atoms with Crippen molar-refractivity contribution in [1.29, 1.82) is 0 Å². The van der Waals surface area contributed by atoms with Crippen molar-refractivity contribution in [1.82, 2.24) is 0 Å². The van der Waals surface area contributed by atoms with Gasteiger partial charge in [0.1, 0.15) is 11.4 Å². The Hall–Kier alpha value is -0.500. The fraction of sp³-hybridized carbons (Fsp3) is 0.600. The van der Waals surface area contributed by atoms with Crippen molar-refractivity contribution < 1.29 is 4.74 Å². The molecule has 1 aliphatic heterocycles. The van der Waals surface area contributed by atoms with Gasteiger partial charge in [-0.1, -0.05) is 48.0 Å². The summed E-state index contributed by atoms with van der Waals surface area (Å²) < 4.78 is 6.06. The lowest BCUT2D eigenvalue weighted by Crippen LogP contribution is -2.38. The number of halogens is 1. The molecule has 2 rings (SSSR count).